The van der Waals surface area contributed by atoms with Crippen molar-refractivity contribution < 1.29 is 27.9 Å². The third kappa shape index (κ3) is 6.58. The first-order chi connectivity index (χ1) is 19.0. The number of piperidine rings is 1. The van der Waals surface area contributed by atoms with Crippen LogP contribution in [-0.2, 0) is 14.3 Å². The summed E-state index contributed by atoms with van der Waals surface area (Å²) in [6.45, 7) is 2.60. The molecule has 39 heavy (non-hydrogen) atoms. The van der Waals surface area contributed by atoms with Crippen LogP contribution in [0.2, 0.25) is 0 Å². The number of halogens is 2. The highest BCUT2D eigenvalue weighted by Crippen LogP contribution is 2.34. The molecule has 0 saturated carbocycles. The zero-order valence-corrected chi connectivity index (χ0v) is 21.7. The molecule has 1 unspecified atom stereocenters. The van der Waals surface area contributed by atoms with Crippen molar-refractivity contribution in [2.24, 2.45) is 0 Å². The number of pyridine rings is 1. The van der Waals surface area contributed by atoms with Crippen molar-refractivity contribution in [2.75, 3.05) is 39.9 Å². The lowest BCUT2D eigenvalue weighted by atomic mass is 9.93. The van der Waals surface area contributed by atoms with Gasteiger partial charge >= 0.3 is 6.03 Å². The Morgan fingerprint density at radius 2 is 1.97 bits per heavy atom. The van der Waals surface area contributed by atoms with E-state index in [4.69, 9.17) is 4.74 Å². The van der Waals surface area contributed by atoms with Crippen LogP contribution in [0.1, 0.15) is 42.5 Å². The zero-order valence-electron chi connectivity index (χ0n) is 21.7. The fraction of sp³-hybridized carbons (Fsp3) is 0.407. The number of hydrogen-bond donors (Lipinski definition) is 2. The number of aromatic nitrogens is 1. The molecule has 1 saturated heterocycles. The molecule has 0 aliphatic carbocycles. The molecule has 3 heterocycles. The van der Waals surface area contributed by atoms with Gasteiger partial charge in [-0.15, -0.1) is 0 Å². The second-order valence-corrected chi connectivity index (χ2v) is 9.43. The minimum absolute atomic E-state index is 0.0640. The smallest absolute Gasteiger partial charge is 0.341 e. The summed E-state index contributed by atoms with van der Waals surface area (Å²) < 4.78 is 33.1. The maximum atomic E-state index is 14.2. The lowest BCUT2D eigenvalue weighted by Crippen LogP contribution is -2.57. The standard InChI is InChI=1S/C27H32F2N6O4/c1-39-16-24-25(31-17-36)26(20-6-7-21(28)22(29)15-20)35(27(38)32-24)34(18-37)12-4-11-33-13-8-19(9-14-33)23-5-2-3-10-30-23/h2-3,5-7,10,15,17-19,26H,4,8-9,11-14,16H2,1H3,(H,31,36)(H,32,38). The molecule has 1 aromatic heterocycles. The van der Waals surface area contributed by atoms with E-state index in [0.29, 0.717) is 31.7 Å². The first-order valence-electron chi connectivity index (χ1n) is 12.8. The van der Waals surface area contributed by atoms with Gasteiger partial charge in [0.2, 0.25) is 12.8 Å². The molecule has 0 bridgehead atoms. The van der Waals surface area contributed by atoms with Crippen LogP contribution in [-0.4, -0.2) is 78.6 Å². The molecule has 10 nitrogen and oxygen atoms in total. The van der Waals surface area contributed by atoms with Crippen LogP contribution in [0.3, 0.4) is 0 Å². The number of methoxy groups -OCH3 is 1. The minimum Gasteiger partial charge on any atom is -0.378 e. The maximum absolute atomic E-state index is 14.2. The number of urea groups is 1. The minimum atomic E-state index is -1.12. The molecule has 2 aliphatic rings. The summed E-state index contributed by atoms with van der Waals surface area (Å²) >= 11 is 0. The number of rotatable bonds is 12. The van der Waals surface area contributed by atoms with Gasteiger partial charge in [0.05, 0.1) is 18.0 Å². The van der Waals surface area contributed by atoms with Crippen molar-refractivity contribution in [2.45, 2.75) is 31.2 Å². The first kappa shape index (κ1) is 28.1. The normalized spacial score (nSPS) is 18.6. The van der Waals surface area contributed by atoms with Gasteiger partial charge in [0.1, 0.15) is 6.04 Å². The van der Waals surface area contributed by atoms with Crippen molar-refractivity contribution in [3.63, 3.8) is 0 Å². The number of ether oxygens (including phenoxy) is 1. The molecule has 1 atom stereocenters. The molecule has 208 valence electrons. The van der Waals surface area contributed by atoms with Crippen LogP contribution >= 0.6 is 0 Å². The first-order valence-corrected chi connectivity index (χ1v) is 12.8. The Labute approximate surface area is 225 Å². The number of nitrogens with zero attached hydrogens (tertiary/aromatic N) is 4. The van der Waals surface area contributed by atoms with Crippen molar-refractivity contribution in [1.82, 2.24) is 30.5 Å². The summed E-state index contributed by atoms with van der Waals surface area (Å²) in [5.41, 5.74) is 1.69. The van der Waals surface area contributed by atoms with Crippen molar-refractivity contribution in [1.29, 1.82) is 0 Å². The van der Waals surface area contributed by atoms with Crippen molar-refractivity contribution >= 4 is 18.9 Å². The van der Waals surface area contributed by atoms with Gasteiger partial charge < -0.3 is 20.3 Å². The van der Waals surface area contributed by atoms with E-state index in [2.05, 4.69) is 26.6 Å². The van der Waals surface area contributed by atoms with E-state index >= 15 is 0 Å². The molecule has 0 radical (unpaired) electrons. The van der Waals surface area contributed by atoms with E-state index < -0.39 is 23.7 Å². The Balaban J connectivity index is 1.48. The lowest BCUT2D eigenvalue weighted by Gasteiger charge is -2.43. The highest BCUT2D eigenvalue weighted by Gasteiger charge is 2.39. The molecular formula is C27H32F2N6O4. The number of hydrazine groups is 1. The van der Waals surface area contributed by atoms with E-state index in [0.717, 1.165) is 48.8 Å². The Kier molecular flexibility index (Phi) is 9.55. The topological polar surface area (TPSA) is 107 Å². The highest BCUT2D eigenvalue weighted by molar-refractivity contribution is 5.80. The van der Waals surface area contributed by atoms with Gasteiger partial charge in [0.25, 0.3) is 0 Å². The highest BCUT2D eigenvalue weighted by atomic mass is 19.2. The van der Waals surface area contributed by atoms with E-state index in [1.54, 1.807) is 0 Å². The summed E-state index contributed by atoms with van der Waals surface area (Å²) in [4.78, 5) is 43.7. The molecule has 1 aromatic carbocycles. The largest absolute Gasteiger partial charge is 0.378 e. The van der Waals surface area contributed by atoms with Crippen LogP contribution in [0.25, 0.3) is 0 Å². The van der Waals surface area contributed by atoms with Crippen LogP contribution < -0.4 is 10.6 Å². The lowest BCUT2D eigenvalue weighted by molar-refractivity contribution is -0.133. The molecular weight excluding hydrogens is 510 g/mol. The third-order valence-electron chi connectivity index (χ3n) is 7.03. The van der Waals surface area contributed by atoms with Crippen LogP contribution in [0, 0.1) is 11.6 Å². The quantitative estimate of drug-likeness (QED) is 0.400. The number of hydrogen-bond acceptors (Lipinski definition) is 6. The number of likely N-dealkylation sites (tertiary alicyclic amines) is 1. The second-order valence-electron chi connectivity index (χ2n) is 9.43. The zero-order chi connectivity index (χ0) is 27.8. The number of nitrogens with one attached hydrogen (secondary N) is 2. The average molecular weight is 543 g/mol. The van der Waals surface area contributed by atoms with Crippen LogP contribution in [0.4, 0.5) is 13.6 Å². The average Bonchev–Trinajstić information content (AvgIpc) is 2.95. The maximum Gasteiger partial charge on any atom is 0.341 e. The van der Waals surface area contributed by atoms with Gasteiger partial charge in [-0.1, -0.05) is 12.1 Å². The van der Waals surface area contributed by atoms with Crippen LogP contribution in [0.5, 0.6) is 0 Å². The molecule has 2 aliphatic heterocycles. The fourth-order valence-corrected chi connectivity index (χ4v) is 5.14. The Bertz CT molecular complexity index is 1190. The van der Waals surface area contributed by atoms with Crippen LogP contribution in [0.15, 0.2) is 54.0 Å². The van der Waals surface area contributed by atoms with Gasteiger partial charge in [-0.25, -0.2) is 18.6 Å². The van der Waals surface area contributed by atoms with E-state index in [-0.39, 0.29) is 30.1 Å². The number of benzene rings is 1. The fourth-order valence-electron chi connectivity index (χ4n) is 5.14. The van der Waals surface area contributed by atoms with Gasteiger partial charge in [-0.2, -0.15) is 0 Å². The van der Waals surface area contributed by atoms with Gasteiger partial charge in [-0.3, -0.25) is 19.6 Å². The van der Waals surface area contributed by atoms with Gasteiger partial charge in [0.15, 0.2) is 11.6 Å². The Morgan fingerprint density at radius 3 is 2.62 bits per heavy atom. The summed E-state index contributed by atoms with van der Waals surface area (Å²) in [5.74, 6) is -1.76. The SMILES string of the molecule is COCC1=C(NC=O)C(c2ccc(F)c(F)c2)N(N(C=O)CCCN2CCC(c3ccccn3)CC2)C(=O)N1. The molecule has 0 spiro atoms. The molecule has 2 aromatic rings. The predicted molar refractivity (Wildman–Crippen MR) is 138 cm³/mol. The summed E-state index contributed by atoms with van der Waals surface area (Å²) in [5, 5.41) is 7.49. The van der Waals surface area contributed by atoms with Crippen molar-refractivity contribution in [3.8, 4) is 0 Å². The Morgan fingerprint density at radius 1 is 1.18 bits per heavy atom. The summed E-state index contributed by atoms with van der Waals surface area (Å²) in [6, 6.07) is 7.36. The number of carbonyl (C=O) groups excluding carboxylic acids is 3. The summed E-state index contributed by atoms with van der Waals surface area (Å²) in [6.07, 6.45) is 5.26. The third-order valence-corrected chi connectivity index (χ3v) is 7.03. The molecule has 2 N–H and O–H groups in total. The number of amides is 4. The van der Waals surface area contributed by atoms with Crippen molar-refractivity contribution in [3.05, 3.63) is 76.9 Å². The second kappa shape index (κ2) is 13.3. The number of carbonyl (C=O) groups is 3. The van der Waals surface area contributed by atoms with E-state index in [9.17, 15) is 23.2 Å². The van der Waals surface area contributed by atoms with E-state index in [1.807, 2.05) is 18.3 Å². The molecule has 4 rings (SSSR count). The predicted octanol–water partition coefficient (Wildman–Crippen LogP) is 2.67. The molecule has 1 fully saturated rings. The van der Waals surface area contributed by atoms with Gasteiger partial charge in [-0.05, 0) is 68.7 Å². The molecule has 4 amide bonds. The van der Waals surface area contributed by atoms with E-state index in [1.165, 1.54) is 18.2 Å². The Hall–Kier alpha value is -3.90. The monoisotopic (exact) mass is 542 g/mol. The van der Waals surface area contributed by atoms with Gasteiger partial charge in [0, 0.05) is 31.5 Å². The summed E-state index contributed by atoms with van der Waals surface area (Å²) in [7, 11) is 1.41. The molecule has 12 heteroatoms.